The summed E-state index contributed by atoms with van der Waals surface area (Å²) in [5, 5.41) is 0. The predicted molar refractivity (Wildman–Crippen MR) is 94.1 cm³/mol. The first kappa shape index (κ1) is 18.7. The molecule has 2 atom stereocenters. The average molecular weight is 304 g/mol. The van der Waals surface area contributed by atoms with Crippen molar-refractivity contribution in [1.82, 2.24) is 9.80 Å². The molecule has 0 aliphatic carbocycles. The highest BCUT2D eigenvalue weighted by Crippen LogP contribution is 2.31. The second-order valence-corrected chi connectivity index (χ2v) is 5.72. The lowest BCUT2D eigenvalue weighted by molar-refractivity contribution is -0.130. The first-order chi connectivity index (χ1) is 10.7. The quantitative estimate of drug-likeness (QED) is 0.827. The molecule has 1 heterocycles. The lowest BCUT2D eigenvalue weighted by atomic mass is 9.93. The number of likely N-dealkylation sites (N-methyl/N-ethyl adjacent to an activating group) is 1. The predicted octanol–water partition coefficient (Wildman–Crippen LogP) is 3.76. The van der Waals surface area contributed by atoms with E-state index in [1.165, 1.54) is 5.56 Å². The number of hydrogen-bond donors (Lipinski definition) is 0. The van der Waals surface area contributed by atoms with Gasteiger partial charge in [-0.15, -0.1) is 0 Å². The molecule has 0 unspecified atom stereocenters. The number of hydrogen-bond acceptors (Lipinski definition) is 2. The third-order valence-corrected chi connectivity index (χ3v) is 4.31. The highest BCUT2D eigenvalue weighted by molar-refractivity contribution is 5.76. The zero-order valence-electron chi connectivity index (χ0n) is 14.9. The fourth-order valence-electron chi connectivity index (χ4n) is 3.21. The Kier molecular flexibility index (Phi) is 8.18. The van der Waals surface area contributed by atoms with Crippen LogP contribution in [0.5, 0.6) is 0 Å². The molecule has 0 saturated carbocycles. The molecule has 1 amide bonds. The van der Waals surface area contributed by atoms with Crippen molar-refractivity contribution in [2.75, 3.05) is 26.7 Å². The zero-order chi connectivity index (χ0) is 16.5. The first-order valence-corrected chi connectivity index (χ1v) is 8.70. The minimum atomic E-state index is 0.276. The molecule has 1 aliphatic heterocycles. The van der Waals surface area contributed by atoms with E-state index in [0.29, 0.717) is 18.4 Å². The van der Waals surface area contributed by atoms with Crippen molar-refractivity contribution in [2.45, 2.75) is 52.5 Å². The summed E-state index contributed by atoms with van der Waals surface area (Å²) in [4.78, 5) is 16.5. The Bertz CT molecular complexity index is 432. The molecule has 124 valence electrons. The Hall–Kier alpha value is -1.35. The molecule has 22 heavy (non-hydrogen) atoms. The standard InChI is InChI=1S/C17H26N2O.C2H6/c1-4-11-18(3)16-13-19(17(20)5-2)12-15(16)14-9-7-6-8-10-14;1-2/h6-10,15-16H,4-5,11-13H2,1-3H3;1-2H3/t15-,16+;/m1./s1. The van der Waals surface area contributed by atoms with Crippen LogP contribution < -0.4 is 0 Å². The van der Waals surface area contributed by atoms with Gasteiger partial charge in [-0.2, -0.15) is 0 Å². The summed E-state index contributed by atoms with van der Waals surface area (Å²) < 4.78 is 0. The average Bonchev–Trinajstić information content (AvgIpc) is 3.02. The minimum absolute atomic E-state index is 0.276. The number of amides is 1. The van der Waals surface area contributed by atoms with Crippen molar-refractivity contribution < 1.29 is 4.79 Å². The Labute approximate surface area is 136 Å². The van der Waals surface area contributed by atoms with Gasteiger partial charge in [-0.3, -0.25) is 4.79 Å². The van der Waals surface area contributed by atoms with E-state index in [1.807, 2.05) is 25.7 Å². The lowest BCUT2D eigenvalue weighted by Gasteiger charge is -2.28. The number of carbonyl (C=O) groups is 1. The molecule has 1 aromatic rings. The molecule has 1 fully saturated rings. The second kappa shape index (κ2) is 9.62. The van der Waals surface area contributed by atoms with Crippen molar-refractivity contribution >= 4 is 5.91 Å². The van der Waals surface area contributed by atoms with Gasteiger partial charge in [-0.1, -0.05) is 58.0 Å². The maximum atomic E-state index is 12.0. The van der Waals surface area contributed by atoms with E-state index in [0.717, 1.165) is 26.1 Å². The molecule has 0 N–H and O–H groups in total. The van der Waals surface area contributed by atoms with E-state index in [2.05, 4.69) is 49.2 Å². The van der Waals surface area contributed by atoms with E-state index in [1.54, 1.807) is 0 Å². The van der Waals surface area contributed by atoms with Gasteiger partial charge in [0.25, 0.3) is 0 Å². The van der Waals surface area contributed by atoms with Crippen molar-refractivity contribution in [3.8, 4) is 0 Å². The van der Waals surface area contributed by atoms with E-state index < -0.39 is 0 Å². The summed E-state index contributed by atoms with van der Waals surface area (Å²) in [5.41, 5.74) is 1.35. The van der Waals surface area contributed by atoms with Crippen molar-refractivity contribution in [2.24, 2.45) is 0 Å². The molecule has 2 rings (SSSR count). The molecule has 1 aromatic carbocycles. The molecule has 0 bridgehead atoms. The van der Waals surface area contributed by atoms with Crippen LogP contribution in [-0.2, 0) is 4.79 Å². The third-order valence-electron chi connectivity index (χ3n) is 4.31. The van der Waals surface area contributed by atoms with Gasteiger partial charge >= 0.3 is 0 Å². The van der Waals surface area contributed by atoms with Crippen LogP contribution >= 0.6 is 0 Å². The summed E-state index contributed by atoms with van der Waals surface area (Å²) in [5.74, 6) is 0.710. The van der Waals surface area contributed by atoms with E-state index in [9.17, 15) is 4.79 Å². The van der Waals surface area contributed by atoms with Crippen LogP contribution in [0.2, 0.25) is 0 Å². The van der Waals surface area contributed by atoms with Gasteiger partial charge in [0, 0.05) is 31.5 Å². The third kappa shape index (κ3) is 4.57. The second-order valence-electron chi connectivity index (χ2n) is 5.72. The van der Waals surface area contributed by atoms with Gasteiger partial charge in [-0.05, 0) is 25.6 Å². The van der Waals surface area contributed by atoms with E-state index in [4.69, 9.17) is 0 Å². The number of likely N-dealkylation sites (tertiary alicyclic amines) is 1. The van der Waals surface area contributed by atoms with E-state index >= 15 is 0 Å². The highest BCUT2D eigenvalue weighted by Gasteiger charge is 2.37. The van der Waals surface area contributed by atoms with Gasteiger partial charge in [-0.25, -0.2) is 0 Å². The van der Waals surface area contributed by atoms with Gasteiger partial charge in [0.15, 0.2) is 0 Å². The SMILES string of the molecule is CC.CCCN(C)[C@H]1CN(C(=O)CC)C[C@@H]1c1ccccc1. The molecule has 3 nitrogen and oxygen atoms in total. The van der Waals surface area contributed by atoms with Crippen LogP contribution in [0.15, 0.2) is 30.3 Å². The van der Waals surface area contributed by atoms with Gasteiger partial charge < -0.3 is 9.80 Å². The smallest absolute Gasteiger partial charge is 0.222 e. The normalized spacial score (nSPS) is 20.7. The summed E-state index contributed by atoms with van der Waals surface area (Å²) in [7, 11) is 2.18. The summed E-state index contributed by atoms with van der Waals surface area (Å²) in [6.45, 7) is 11.0. The van der Waals surface area contributed by atoms with Crippen molar-refractivity contribution in [3.05, 3.63) is 35.9 Å². The largest absolute Gasteiger partial charge is 0.340 e. The fourth-order valence-corrected chi connectivity index (χ4v) is 3.21. The molecule has 1 aliphatic rings. The summed E-state index contributed by atoms with van der Waals surface area (Å²) >= 11 is 0. The fraction of sp³-hybridized carbons (Fsp3) is 0.632. The van der Waals surface area contributed by atoms with Crippen LogP contribution in [0.3, 0.4) is 0 Å². The molecular weight excluding hydrogens is 272 g/mol. The Balaban J connectivity index is 0.00000116. The van der Waals surface area contributed by atoms with Crippen LogP contribution in [0, 0.1) is 0 Å². The monoisotopic (exact) mass is 304 g/mol. The van der Waals surface area contributed by atoms with E-state index in [-0.39, 0.29) is 5.91 Å². The maximum absolute atomic E-state index is 12.0. The first-order valence-electron chi connectivity index (χ1n) is 8.70. The van der Waals surface area contributed by atoms with Gasteiger partial charge in [0.1, 0.15) is 0 Å². The molecular formula is C19H32N2O. The number of carbonyl (C=O) groups excluding carboxylic acids is 1. The van der Waals surface area contributed by atoms with Crippen LogP contribution in [0.4, 0.5) is 0 Å². The topological polar surface area (TPSA) is 23.6 Å². The Morgan fingerprint density at radius 1 is 1.18 bits per heavy atom. The Morgan fingerprint density at radius 2 is 1.82 bits per heavy atom. The Morgan fingerprint density at radius 3 is 2.36 bits per heavy atom. The lowest BCUT2D eigenvalue weighted by Crippen LogP contribution is -2.38. The summed E-state index contributed by atoms with van der Waals surface area (Å²) in [6, 6.07) is 11.1. The van der Waals surface area contributed by atoms with Crippen LogP contribution in [0.1, 0.15) is 52.0 Å². The molecule has 0 radical (unpaired) electrons. The van der Waals surface area contributed by atoms with Crippen molar-refractivity contribution in [1.29, 1.82) is 0 Å². The molecule has 0 spiro atoms. The van der Waals surface area contributed by atoms with Crippen molar-refractivity contribution in [3.63, 3.8) is 0 Å². The summed E-state index contributed by atoms with van der Waals surface area (Å²) in [6.07, 6.45) is 1.75. The molecule has 3 heteroatoms. The zero-order valence-corrected chi connectivity index (χ0v) is 14.9. The highest BCUT2D eigenvalue weighted by atomic mass is 16.2. The van der Waals surface area contributed by atoms with Crippen LogP contribution in [-0.4, -0.2) is 48.4 Å². The van der Waals surface area contributed by atoms with Gasteiger partial charge in [0.2, 0.25) is 5.91 Å². The molecule has 1 saturated heterocycles. The maximum Gasteiger partial charge on any atom is 0.222 e. The number of rotatable bonds is 5. The van der Waals surface area contributed by atoms with Gasteiger partial charge in [0.05, 0.1) is 0 Å². The van der Waals surface area contributed by atoms with Crippen LogP contribution in [0.25, 0.3) is 0 Å². The minimum Gasteiger partial charge on any atom is -0.340 e. The number of nitrogens with zero attached hydrogens (tertiary/aromatic N) is 2. The number of benzene rings is 1. The molecule has 0 aromatic heterocycles.